The standard InChI is InChI=1S/C20H25NO4S/c1-14(2)15-6-8-16(9-7-15)25-11-10-19(22)21-17(13-20(23)24-3)18-5-4-12-26-18/h4-9,12,14,17H,10-11,13H2,1-3H3,(H,21,22). The molecule has 2 aromatic rings. The summed E-state index contributed by atoms with van der Waals surface area (Å²) in [5.41, 5.74) is 1.25. The largest absolute Gasteiger partial charge is 0.493 e. The van der Waals surface area contributed by atoms with Crippen LogP contribution < -0.4 is 10.1 Å². The molecule has 1 unspecified atom stereocenters. The van der Waals surface area contributed by atoms with Crippen molar-refractivity contribution in [2.45, 2.75) is 38.6 Å². The van der Waals surface area contributed by atoms with Gasteiger partial charge in [0.2, 0.25) is 5.91 Å². The fourth-order valence-electron chi connectivity index (χ4n) is 2.44. The molecular weight excluding hydrogens is 350 g/mol. The van der Waals surface area contributed by atoms with Gasteiger partial charge in [-0.25, -0.2) is 0 Å². The normalized spacial score (nSPS) is 11.8. The van der Waals surface area contributed by atoms with E-state index in [1.165, 1.54) is 24.0 Å². The number of esters is 1. The summed E-state index contributed by atoms with van der Waals surface area (Å²) in [7, 11) is 1.34. The minimum atomic E-state index is -0.375. The molecule has 1 N–H and O–H groups in total. The van der Waals surface area contributed by atoms with E-state index in [1.54, 1.807) is 0 Å². The molecule has 140 valence electrons. The molecule has 1 atom stereocenters. The predicted octanol–water partition coefficient (Wildman–Crippen LogP) is 4.06. The molecule has 26 heavy (non-hydrogen) atoms. The van der Waals surface area contributed by atoms with E-state index in [4.69, 9.17) is 9.47 Å². The van der Waals surface area contributed by atoms with Crippen LogP contribution in [0.2, 0.25) is 0 Å². The first-order chi connectivity index (χ1) is 12.5. The molecule has 0 aliphatic heterocycles. The summed E-state index contributed by atoms with van der Waals surface area (Å²) >= 11 is 1.50. The molecule has 1 heterocycles. The van der Waals surface area contributed by atoms with Crippen LogP contribution in [-0.4, -0.2) is 25.6 Å². The number of benzene rings is 1. The molecule has 0 fully saturated rings. The molecule has 6 heteroatoms. The Kier molecular flexibility index (Phi) is 7.66. The maximum atomic E-state index is 12.2. The van der Waals surface area contributed by atoms with Crippen molar-refractivity contribution in [2.24, 2.45) is 0 Å². The second kappa shape index (κ2) is 9.97. The maximum absolute atomic E-state index is 12.2. The molecule has 2 rings (SSSR count). The summed E-state index contributed by atoms with van der Waals surface area (Å²) in [5.74, 6) is 0.696. The highest BCUT2D eigenvalue weighted by molar-refractivity contribution is 7.10. The average molecular weight is 375 g/mol. The average Bonchev–Trinajstić information content (AvgIpc) is 3.16. The van der Waals surface area contributed by atoms with Gasteiger partial charge in [-0.05, 0) is 35.1 Å². The van der Waals surface area contributed by atoms with Crippen LogP contribution in [-0.2, 0) is 14.3 Å². The lowest BCUT2D eigenvalue weighted by molar-refractivity contribution is -0.141. The highest BCUT2D eigenvalue weighted by Gasteiger charge is 2.19. The molecule has 1 amide bonds. The topological polar surface area (TPSA) is 64.6 Å². The van der Waals surface area contributed by atoms with Gasteiger partial charge in [-0.1, -0.05) is 32.0 Å². The molecule has 0 aliphatic carbocycles. The van der Waals surface area contributed by atoms with Gasteiger partial charge in [0.15, 0.2) is 0 Å². The van der Waals surface area contributed by atoms with E-state index in [2.05, 4.69) is 19.2 Å². The molecule has 1 aromatic heterocycles. The van der Waals surface area contributed by atoms with Crippen LogP contribution in [0.3, 0.4) is 0 Å². The summed E-state index contributed by atoms with van der Waals surface area (Å²) in [6, 6.07) is 11.3. The third-order valence-corrected chi connectivity index (χ3v) is 4.95. The Labute approximate surface area is 158 Å². The van der Waals surface area contributed by atoms with E-state index in [9.17, 15) is 9.59 Å². The van der Waals surface area contributed by atoms with Crippen LogP contribution in [0.5, 0.6) is 5.75 Å². The van der Waals surface area contributed by atoms with Crippen LogP contribution in [0.4, 0.5) is 0 Å². The Morgan fingerprint density at radius 3 is 2.46 bits per heavy atom. The van der Waals surface area contributed by atoms with Crippen LogP contribution >= 0.6 is 11.3 Å². The predicted molar refractivity (Wildman–Crippen MR) is 102 cm³/mol. The molecule has 5 nitrogen and oxygen atoms in total. The number of carbonyl (C=O) groups excluding carboxylic acids is 2. The number of thiophene rings is 1. The van der Waals surface area contributed by atoms with E-state index in [-0.39, 0.29) is 37.4 Å². The Bertz CT molecular complexity index is 695. The third-order valence-electron chi connectivity index (χ3n) is 3.96. The zero-order valence-corrected chi connectivity index (χ0v) is 16.2. The lowest BCUT2D eigenvalue weighted by Gasteiger charge is -2.16. The molecule has 0 radical (unpaired) electrons. The second-order valence-corrected chi connectivity index (χ2v) is 7.22. The number of hydrogen-bond donors (Lipinski definition) is 1. The summed E-state index contributed by atoms with van der Waals surface area (Å²) in [6.07, 6.45) is 0.329. The SMILES string of the molecule is COC(=O)CC(NC(=O)CCOc1ccc(C(C)C)cc1)c1cccs1. The fourth-order valence-corrected chi connectivity index (χ4v) is 3.22. The zero-order chi connectivity index (χ0) is 18.9. The molecule has 1 aromatic carbocycles. The lowest BCUT2D eigenvalue weighted by Crippen LogP contribution is -2.30. The number of rotatable bonds is 9. The van der Waals surface area contributed by atoms with E-state index >= 15 is 0 Å². The van der Waals surface area contributed by atoms with Crippen molar-refractivity contribution in [3.63, 3.8) is 0 Å². The second-order valence-electron chi connectivity index (χ2n) is 6.24. The first kappa shape index (κ1) is 20.0. The van der Waals surface area contributed by atoms with Gasteiger partial charge in [-0.15, -0.1) is 11.3 Å². The molecule has 0 saturated heterocycles. The summed E-state index contributed by atoms with van der Waals surface area (Å²) in [5, 5.41) is 4.80. The Hall–Kier alpha value is -2.34. The first-order valence-electron chi connectivity index (χ1n) is 8.62. The Morgan fingerprint density at radius 1 is 1.15 bits per heavy atom. The van der Waals surface area contributed by atoms with Crippen molar-refractivity contribution in [2.75, 3.05) is 13.7 Å². The number of nitrogens with one attached hydrogen (secondary N) is 1. The van der Waals surface area contributed by atoms with Crippen molar-refractivity contribution in [1.29, 1.82) is 0 Å². The van der Waals surface area contributed by atoms with Gasteiger partial charge >= 0.3 is 5.97 Å². The van der Waals surface area contributed by atoms with Crippen LogP contribution in [0.25, 0.3) is 0 Å². The molecule has 0 spiro atoms. The third kappa shape index (κ3) is 6.19. The van der Waals surface area contributed by atoms with Crippen molar-refractivity contribution >= 4 is 23.2 Å². The monoisotopic (exact) mass is 375 g/mol. The van der Waals surface area contributed by atoms with Gasteiger partial charge in [0.05, 0.1) is 32.6 Å². The molecule has 0 bridgehead atoms. The maximum Gasteiger partial charge on any atom is 0.307 e. The fraction of sp³-hybridized carbons (Fsp3) is 0.400. The van der Waals surface area contributed by atoms with Gasteiger partial charge in [-0.3, -0.25) is 9.59 Å². The van der Waals surface area contributed by atoms with Crippen LogP contribution in [0, 0.1) is 0 Å². The smallest absolute Gasteiger partial charge is 0.307 e. The molecule has 0 aliphatic rings. The number of carbonyl (C=O) groups is 2. The number of amides is 1. The molecular formula is C20H25NO4S. The summed E-state index contributed by atoms with van der Waals surface area (Å²) < 4.78 is 10.4. The van der Waals surface area contributed by atoms with Gasteiger partial charge < -0.3 is 14.8 Å². The van der Waals surface area contributed by atoms with Crippen molar-refractivity contribution in [3.05, 3.63) is 52.2 Å². The molecule has 0 saturated carbocycles. The van der Waals surface area contributed by atoms with Crippen LogP contribution in [0.1, 0.15) is 49.1 Å². The Balaban J connectivity index is 1.83. The van der Waals surface area contributed by atoms with E-state index in [0.717, 1.165) is 10.6 Å². The van der Waals surface area contributed by atoms with E-state index < -0.39 is 0 Å². The quantitative estimate of drug-likeness (QED) is 0.671. The minimum absolute atomic E-state index is 0.111. The number of hydrogen-bond acceptors (Lipinski definition) is 5. The highest BCUT2D eigenvalue weighted by Crippen LogP contribution is 2.23. The Morgan fingerprint density at radius 2 is 1.88 bits per heavy atom. The lowest BCUT2D eigenvalue weighted by atomic mass is 10.0. The van der Waals surface area contributed by atoms with Crippen molar-refractivity contribution in [1.82, 2.24) is 5.32 Å². The number of ether oxygens (including phenoxy) is 2. The summed E-state index contributed by atoms with van der Waals surface area (Å²) in [4.78, 5) is 24.7. The minimum Gasteiger partial charge on any atom is -0.493 e. The van der Waals surface area contributed by atoms with Crippen molar-refractivity contribution < 1.29 is 19.1 Å². The zero-order valence-electron chi connectivity index (χ0n) is 15.4. The van der Waals surface area contributed by atoms with E-state index in [1.807, 2.05) is 41.8 Å². The highest BCUT2D eigenvalue weighted by atomic mass is 32.1. The van der Waals surface area contributed by atoms with Gasteiger partial charge in [0.25, 0.3) is 0 Å². The van der Waals surface area contributed by atoms with Gasteiger partial charge in [0.1, 0.15) is 5.75 Å². The van der Waals surface area contributed by atoms with E-state index in [0.29, 0.717) is 5.92 Å². The van der Waals surface area contributed by atoms with Crippen LogP contribution in [0.15, 0.2) is 41.8 Å². The first-order valence-corrected chi connectivity index (χ1v) is 9.50. The van der Waals surface area contributed by atoms with Gasteiger partial charge in [-0.2, -0.15) is 0 Å². The van der Waals surface area contributed by atoms with Gasteiger partial charge in [0, 0.05) is 4.88 Å². The number of methoxy groups -OCH3 is 1. The van der Waals surface area contributed by atoms with Crippen molar-refractivity contribution in [3.8, 4) is 5.75 Å². The summed E-state index contributed by atoms with van der Waals surface area (Å²) in [6.45, 7) is 4.55.